The Morgan fingerprint density at radius 2 is 1.32 bits per heavy atom. The zero-order valence-corrected chi connectivity index (χ0v) is 18.3. The van der Waals surface area contributed by atoms with Crippen molar-refractivity contribution < 1.29 is 0 Å². The Morgan fingerprint density at radius 1 is 0.640 bits per heavy atom. The summed E-state index contributed by atoms with van der Waals surface area (Å²) >= 11 is 0. The molecule has 0 rings (SSSR count). The van der Waals surface area contributed by atoms with Gasteiger partial charge in [0.1, 0.15) is 0 Å². The van der Waals surface area contributed by atoms with Crippen LogP contribution in [-0.2, 0) is 0 Å². The van der Waals surface area contributed by atoms with E-state index < -0.39 is 0 Å². The van der Waals surface area contributed by atoms with Gasteiger partial charge in [-0.25, -0.2) is 0 Å². The summed E-state index contributed by atoms with van der Waals surface area (Å²) in [4.78, 5) is 0. The van der Waals surface area contributed by atoms with Crippen molar-refractivity contribution >= 4 is 0 Å². The van der Waals surface area contributed by atoms with E-state index in [0.29, 0.717) is 0 Å². The van der Waals surface area contributed by atoms with Crippen molar-refractivity contribution in [2.24, 2.45) is 23.7 Å². The second kappa shape index (κ2) is 17.3. The summed E-state index contributed by atoms with van der Waals surface area (Å²) in [5.74, 6) is 3.29. The van der Waals surface area contributed by atoms with E-state index in [9.17, 15) is 0 Å². The fraction of sp³-hybridized carbons (Fsp3) is 1.00. The second-order valence-corrected chi connectivity index (χ2v) is 8.51. The molecule has 152 valence electrons. The third kappa shape index (κ3) is 15.8. The Kier molecular flexibility index (Phi) is 17.2. The van der Waals surface area contributed by atoms with Gasteiger partial charge in [0.25, 0.3) is 0 Å². The van der Waals surface area contributed by atoms with Crippen LogP contribution in [0.1, 0.15) is 79.6 Å². The van der Waals surface area contributed by atoms with Crippen molar-refractivity contribution in [1.29, 1.82) is 0 Å². The summed E-state index contributed by atoms with van der Waals surface area (Å²) in [6, 6.07) is 0. The van der Waals surface area contributed by atoms with Gasteiger partial charge < -0.3 is 16.0 Å². The normalized spacial score (nSPS) is 16.6. The van der Waals surface area contributed by atoms with E-state index in [2.05, 4.69) is 50.6 Å². The van der Waals surface area contributed by atoms with Gasteiger partial charge >= 0.3 is 0 Å². The summed E-state index contributed by atoms with van der Waals surface area (Å²) in [7, 11) is 2.04. The number of hydrogen-bond acceptors (Lipinski definition) is 3. The topological polar surface area (TPSA) is 36.1 Å². The monoisotopic (exact) mass is 355 g/mol. The molecule has 0 aliphatic carbocycles. The minimum absolute atomic E-state index is 0.799. The van der Waals surface area contributed by atoms with Gasteiger partial charge in [-0.3, -0.25) is 0 Å². The average Bonchev–Trinajstić information content (AvgIpc) is 2.59. The van der Waals surface area contributed by atoms with E-state index in [1.165, 1.54) is 71.1 Å². The lowest BCUT2D eigenvalue weighted by Gasteiger charge is -2.19. The zero-order chi connectivity index (χ0) is 18.9. The molecule has 0 heterocycles. The zero-order valence-electron chi connectivity index (χ0n) is 18.3. The smallest absolute Gasteiger partial charge is 0.00206 e. The van der Waals surface area contributed by atoms with Crippen molar-refractivity contribution in [3.63, 3.8) is 0 Å². The lowest BCUT2D eigenvalue weighted by molar-refractivity contribution is 0.353. The highest BCUT2D eigenvalue weighted by Gasteiger charge is 2.09. The lowest BCUT2D eigenvalue weighted by Crippen LogP contribution is -2.26. The number of unbranched alkanes of at least 4 members (excludes halogenated alkanes) is 1. The number of hydrogen-bond donors (Lipinski definition) is 3. The maximum atomic E-state index is 3.64. The summed E-state index contributed by atoms with van der Waals surface area (Å²) in [5.41, 5.74) is 0. The molecule has 25 heavy (non-hydrogen) atoms. The lowest BCUT2D eigenvalue weighted by atomic mass is 9.93. The van der Waals surface area contributed by atoms with Crippen LogP contribution in [0.4, 0.5) is 0 Å². The molecule has 0 saturated carbocycles. The molecular weight excluding hydrogens is 306 g/mol. The molecule has 0 aromatic rings. The largest absolute Gasteiger partial charge is 0.319 e. The molecule has 3 nitrogen and oxygen atoms in total. The standard InChI is InChI=1S/C22H49N3/c1-7-21(4)22(5)18-25-15-10-12-19(2)13-16-24-14-9-8-11-20(3)17-23-6/h19-25H,7-18H2,1-6H3. The van der Waals surface area contributed by atoms with Crippen LogP contribution >= 0.6 is 0 Å². The van der Waals surface area contributed by atoms with Gasteiger partial charge in [-0.1, -0.05) is 47.5 Å². The molecule has 0 aromatic carbocycles. The molecule has 0 aromatic heterocycles. The van der Waals surface area contributed by atoms with Gasteiger partial charge in [0.2, 0.25) is 0 Å². The third-order valence-corrected chi connectivity index (χ3v) is 5.80. The first-order valence-electron chi connectivity index (χ1n) is 11.1. The van der Waals surface area contributed by atoms with Crippen LogP contribution in [0.25, 0.3) is 0 Å². The molecule has 3 heteroatoms. The van der Waals surface area contributed by atoms with Crippen LogP contribution in [0.15, 0.2) is 0 Å². The summed E-state index contributed by atoms with van der Waals surface area (Å²) in [6.07, 6.45) is 9.31. The minimum Gasteiger partial charge on any atom is -0.319 e. The van der Waals surface area contributed by atoms with E-state index in [0.717, 1.165) is 30.2 Å². The first-order valence-corrected chi connectivity index (χ1v) is 11.1. The van der Waals surface area contributed by atoms with Crippen LogP contribution in [-0.4, -0.2) is 39.8 Å². The fourth-order valence-electron chi connectivity index (χ4n) is 3.32. The van der Waals surface area contributed by atoms with Crippen LogP contribution < -0.4 is 16.0 Å². The SMILES string of the molecule is CCC(C)C(C)CNCCCC(C)CCNCCCCC(C)CNC. The minimum atomic E-state index is 0.799. The highest BCUT2D eigenvalue weighted by atomic mass is 14.9. The Balaban J connectivity index is 3.35. The van der Waals surface area contributed by atoms with E-state index in [4.69, 9.17) is 0 Å². The van der Waals surface area contributed by atoms with Crippen LogP contribution in [0.3, 0.4) is 0 Å². The van der Waals surface area contributed by atoms with E-state index >= 15 is 0 Å². The first kappa shape index (κ1) is 24.9. The third-order valence-electron chi connectivity index (χ3n) is 5.80. The molecule has 0 aliphatic rings. The summed E-state index contributed by atoms with van der Waals surface area (Å²) < 4.78 is 0. The fourth-order valence-corrected chi connectivity index (χ4v) is 3.32. The van der Waals surface area contributed by atoms with Gasteiger partial charge in [0.15, 0.2) is 0 Å². The molecule has 0 aliphatic heterocycles. The van der Waals surface area contributed by atoms with Crippen molar-refractivity contribution in [3.8, 4) is 0 Å². The molecule has 3 N–H and O–H groups in total. The molecule has 4 unspecified atom stereocenters. The highest BCUT2D eigenvalue weighted by Crippen LogP contribution is 2.13. The molecule has 0 radical (unpaired) electrons. The number of nitrogens with one attached hydrogen (secondary N) is 3. The Morgan fingerprint density at radius 3 is 2.00 bits per heavy atom. The Labute approximate surface area is 159 Å². The first-order chi connectivity index (χ1) is 12.0. The Hall–Kier alpha value is -0.120. The molecule has 4 atom stereocenters. The van der Waals surface area contributed by atoms with Crippen LogP contribution in [0.2, 0.25) is 0 Å². The molecule has 0 fully saturated rings. The molecular formula is C22H49N3. The van der Waals surface area contributed by atoms with Crippen LogP contribution in [0, 0.1) is 23.7 Å². The van der Waals surface area contributed by atoms with Crippen molar-refractivity contribution in [3.05, 3.63) is 0 Å². The maximum Gasteiger partial charge on any atom is -0.00206 e. The van der Waals surface area contributed by atoms with Crippen molar-refractivity contribution in [2.75, 3.05) is 39.8 Å². The quantitative estimate of drug-likeness (QED) is 0.312. The molecule has 0 spiro atoms. The summed E-state index contributed by atoms with van der Waals surface area (Å²) in [5, 5.41) is 10.5. The predicted molar refractivity (Wildman–Crippen MR) is 114 cm³/mol. The van der Waals surface area contributed by atoms with E-state index in [1.807, 2.05) is 7.05 Å². The molecule has 0 saturated heterocycles. The highest BCUT2D eigenvalue weighted by molar-refractivity contribution is 4.64. The van der Waals surface area contributed by atoms with Crippen molar-refractivity contribution in [2.45, 2.75) is 79.6 Å². The molecule has 0 amide bonds. The number of rotatable bonds is 18. The van der Waals surface area contributed by atoms with E-state index in [-0.39, 0.29) is 0 Å². The summed E-state index contributed by atoms with van der Waals surface area (Å²) in [6.45, 7) is 17.7. The van der Waals surface area contributed by atoms with Gasteiger partial charge in [-0.2, -0.15) is 0 Å². The molecule has 0 bridgehead atoms. The predicted octanol–water partition coefficient (Wildman–Crippen LogP) is 4.68. The second-order valence-electron chi connectivity index (χ2n) is 8.51. The average molecular weight is 356 g/mol. The van der Waals surface area contributed by atoms with Crippen molar-refractivity contribution in [1.82, 2.24) is 16.0 Å². The Bertz CT molecular complexity index is 270. The van der Waals surface area contributed by atoms with Gasteiger partial charge in [-0.15, -0.1) is 0 Å². The van der Waals surface area contributed by atoms with E-state index in [1.54, 1.807) is 0 Å². The van der Waals surface area contributed by atoms with Gasteiger partial charge in [-0.05, 0) is 95.5 Å². The van der Waals surface area contributed by atoms with Gasteiger partial charge in [0, 0.05) is 0 Å². The van der Waals surface area contributed by atoms with Crippen LogP contribution in [0.5, 0.6) is 0 Å². The maximum absolute atomic E-state index is 3.64. The van der Waals surface area contributed by atoms with Gasteiger partial charge in [0.05, 0.1) is 0 Å².